The third-order valence-corrected chi connectivity index (χ3v) is 5.07. The molecule has 0 aromatic rings. The van der Waals surface area contributed by atoms with Gasteiger partial charge in [-0.1, -0.05) is 0 Å². The van der Waals surface area contributed by atoms with Crippen molar-refractivity contribution in [1.82, 2.24) is 15.1 Å². The molecule has 3 heteroatoms. The van der Waals surface area contributed by atoms with Gasteiger partial charge in [-0.15, -0.1) is 0 Å². The highest BCUT2D eigenvalue weighted by molar-refractivity contribution is 5.00. The molecular formula is C14H27N3. The maximum atomic E-state index is 3.78. The summed E-state index contributed by atoms with van der Waals surface area (Å²) < 4.78 is 0. The van der Waals surface area contributed by atoms with Crippen molar-refractivity contribution in [1.29, 1.82) is 0 Å². The van der Waals surface area contributed by atoms with Gasteiger partial charge in [0.2, 0.25) is 0 Å². The van der Waals surface area contributed by atoms with Gasteiger partial charge in [0.1, 0.15) is 0 Å². The minimum absolute atomic E-state index is 0.508. The van der Waals surface area contributed by atoms with Gasteiger partial charge in [0.15, 0.2) is 0 Å². The first-order valence-electron chi connectivity index (χ1n) is 7.34. The predicted molar refractivity (Wildman–Crippen MR) is 71.3 cm³/mol. The van der Waals surface area contributed by atoms with Crippen LogP contribution in [0, 0.1) is 0 Å². The van der Waals surface area contributed by atoms with Crippen LogP contribution in [0.15, 0.2) is 0 Å². The van der Waals surface area contributed by atoms with Gasteiger partial charge in [0.25, 0.3) is 0 Å². The molecule has 1 aliphatic heterocycles. The van der Waals surface area contributed by atoms with E-state index in [1.807, 2.05) is 0 Å². The Labute approximate surface area is 106 Å². The van der Waals surface area contributed by atoms with Crippen LogP contribution in [-0.4, -0.2) is 61.2 Å². The lowest BCUT2D eigenvalue weighted by atomic mass is 9.75. The summed E-state index contributed by atoms with van der Waals surface area (Å²) in [6, 6.07) is 1.65. The van der Waals surface area contributed by atoms with E-state index in [9.17, 15) is 0 Å². The Morgan fingerprint density at radius 1 is 1.18 bits per heavy atom. The van der Waals surface area contributed by atoms with Gasteiger partial charge in [0, 0.05) is 30.7 Å². The average Bonchev–Trinajstić information content (AvgIpc) is 2.91. The summed E-state index contributed by atoms with van der Waals surface area (Å²) in [5.41, 5.74) is 0.508. The fraction of sp³-hybridized carbons (Fsp3) is 1.00. The molecule has 0 amide bonds. The van der Waals surface area contributed by atoms with Gasteiger partial charge >= 0.3 is 0 Å². The smallest absolute Gasteiger partial charge is 0.0330 e. The van der Waals surface area contributed by atoms with Crippen LogP contribution in [0.5, 0.6) is 0 Å². The number of likely N-dealkylation sites (tertiary alicyclic amines) is 1. The zero-order valence-corrected chi connectivity index (χ0v) is 11.4. The Morgan fingerprint density at radius 2 is 1.94 bits per heavy atom. The second kappa shape index (κ2) is 4.52. The van der Waals surface area contributed by atoms with Crippen LogP contribution in [0.3, 0.4) is 0 Å². The molecule has 3 rings (SSSR count). The molecule has 2 saturated carbocycles. The largest absolute Gasteiger partial charge is 0.310 e. The lowest BCUT2D eigenvalue weighted by Crippen LogP contribution is -2.57. The van der Waals surface area contributed by atoms with Crippen molar-refractivity contribution in [3.63, 3.8) is 0 Å². The third kappa shape index (κ3) is 2.51. The monoisotopic (exact) mass is 237 g/mol. The quantitative estimate of drug-likeness (QED) is 0.777. The lowest BCUT2D eigenvalue weighted by molar-refractivity contribution is 0.0267. The van der Waals surface area contributed by atoms with Crippen molar-refractivity contribution in [2.45, 2.75) is 56.1 Å². The Kier molecular flexibility index (Phi) is 3.18. The van der Waals surface area contributed by atoms with E-state index in [0.29, 0.717) is 5.54 Å². The Morgan fingerprint density at radius 3 is 2.47 bits per heavy atom. The SMILES string of the molecule is CN(C)C1(CN2CCC(NC3CC3)C2)CCC1. The first-order valence-corrected chi connectivity index (χ1v) is 7.34. The highest BCUT2D eigenvalue weighted by atomic mass is 15.3. The summed E-state index contributed by atoms with van der Waals surface area (Å²) in [4.78, 5) is 5.16. The molecule has 1 atom stereocenters. The Balaban J connectivity index is 1.48. The Hall–Kier alpha value is -0.120. The van der Waals surface area contributed by atoms with E-state index in [2.05, 4.69) is 29.2 Å². The standard InChI is InChI=1S/C14H27N3/c1-16(2)14(7-3-8-14)11-17-9-6-13(10-17)15-12-4-5-12/h12-13,15H,3-11H2,1-2H3. The maximum Gasteiger partial charge on any atom is 0.0330 e. The summed E-state index contributed by atoms with van der Waals surface area (Å²) in [6.45, 7) is 3.88. The number of rotatable bonds is 5. The zero-order valence-electron chi connectivity index (χ0n) is 11.4. The molecule has 0 spiro atoms. The van der Waals surface area contributed by atoms with Gasteiger partial charge in [-0.2, -0.15) is 0 Å². The minimum atomic E-state index is 0.508. The number of hydrogen-bond acceptors (Lipinski definition) is 3. The van der Waals surface area contributed by atoms with Crippen LogP contribution in [0.25, 0.3) is 0 Å². The minimum Gasteiger partial charge on any atom is -0.310 e. The van der Waals surface area contributed by atoms with E-state index in [0.717, 1.165) is 12.1 Å². The van der Waals surface area contributed by atoms with Gasteiger partial charge in [-0.3, -0.25) is 4.90 Å². The fourth-order valence-corrected chi connectivity index (χ4v) is 3.44. The van der Waals surface area contributed by atoms with Crippen molar-refractivity contribution in [2.24, 2.45) is 0 Å². The van der Waals surface area contributed by atoms with E-state index >= 15 is 0 Å². The van der Waals surface area contributed by atoms with Gasteiger partial charge in [-0.25, -0.2) is 0 Å². The topological polar surface area (TPSA) is 18.5 Å². The van der Waals surface area contributed by atoms with Crippen LogP contribution in [0.1, 0.15) is 38.5 Å². The van der Waals surface area contributed by atoms with Gasteiger partial charge in [0.05, 0.1) is 0 Å². The second-order valence-corrected chi connectivity index (χ2v) is 6.63. The molecule has 2 aliphatic carbocycles. The molecule has 0 bridgehead atoms. The summed E-state index contributed by atoms with van der Waals surface area (Å²) in [5, 5.41) is 3.78. The number of likely N-dealkylation sites (N-methyl/N-ethyl adjacent to an activating group) is 1. The predicted octanol–water partition coefficient (Wildman–Crippen LogP) is 1.30. The molecule has 0 aromatic carbocycles. The van der Waals surface area contributed by atoms with Crippen LogP contribution < -0.4 is 5.32 Å². The van der Waals surface area contributed by atoms with Gasteiger partial charge in [-0.05, 0) is 59.2 Å². The third-order valence-electron chi connectivity index (χ3n) is 5.07. The van der Waals surface area contributed by atoms with Gasteiger partial charge < -0.3 is 10.2 Å². The molecule has 0 radical (unpaired) electrons. The van der Waals surface area contributed by atoms with Crippen LogP contribution in [-0.2, 0) is 0 Å². The summed E-state index contributed by atoms with van der Waals surface area (Å²) in [6.07, 6.45) is 8.42. The van der Waals surface area contributed by atoms with Crippen molar-refractivity contribution < 1.29 is 0 Å². The first-order chi connectivity index (χ1) is 8.18. The molecule has 1 N–H and O–H groups in total. The fourth-order valence-electron chi connectivity index (χ4n) is 3.44. The number of nitrogens with zero attached hydrogens (tertiary/aromatic N) is 2. The molecule has 17 heavy (non-hydrogen) atoms. The van der Waals surface area contributed by atoms with Crippen LogP contribution in [0.2, 0.25) is 0 Å². The van der Waals surface area contributed by atoms with E-state index in [4.69, 9.17) is 0 Å². The van der Waals surface area contributed by atoms with Crippen molar-refractivity contribution >= 4 is 0 Å². The molecule has 3 fully saturated rings. The highest BCUT2D eigenvalue weighted by Gasteiger charge is 2.41. The Bertz CT molecular complexity index is 269. The normalized spacial score (nSPS) is 33.0. The molecule has 1 heterocycles. The first kappa shape index (κ1) is 11.9. The van der Waals surface area contributed by atoms with Crippen LogP contribution >= 0.6 is 0 Å². The second-order valence-electron chi connectivity index (χ2n) is 6.63. The molecule has 0 aromatic heterocycles. The van der Waals surface area contributed by atoms with E-state index in [-0.39, 0.29) is 0 Å². The van der Waals surface area contributed by atoms with Crippen LogP contribution in [0.4, 0.5) is 0 Å². The van der Waals surface area contributed by atoms with Crippen molar-refractivity contribution in [2.75, 3.05) is 33.7 Å². The number of hydrogen-bond donors (Lipinski definition) is 1. The highest BCUT2D eigenvalue weighted by Crippen LogP contribution is 2.37. The zero-order chi connectivity index (χ0) is 11.9. The number of nitrogens with one attached hydrogen (secondary N) is 1. The molecule has 1 unspecified atom stereocenters. The lowest BCUT2D eigenvalue weighted by Gasteiger charge is -2.49. The summed E-state index contributed by atoms with van der Waals surface area (Å²) >= 11 is 0. The van der Waals surface area contributed by atoms with E-state index in [1.165, 1.54) is 58.2 Å². The van der Waals surface area contributed by atoms with E-state index in [1.54, 1.807) is 0 Å². The molecule has 3 aliphatic rings. The molecule has 98 valence electrons. The molecule has 3 nitrogen and oxygen atoms in total. The summed E-state index contributed by atoms with van der Waals surface area (Å²) in [7, 11) is 4.52. The van der Waals surface area contributed by atoms with E-state index < -0.39 is 0 Å². The summed E-state index contributed by atoms with van der Waals surface area (Å²) in [5.74, 6) is 0. The van der Waals surface area contributed by atoms with Crippen molar-refractivity contribution in [3.05, 3.63) is 0 Å². The molecule has 1 saturated heterocycles. The average molecular weight is 237 g/mol. The molecular weight excluding hydrogens is 210 g/mol. The van der Waals surface area contributed by atoms with Crippen molar-refractivity contribution in [3.8, 4) is 0 Å². The maximum absolute atomic E-state index is 3.78.